The molecule has 15 heteroatoms. The first kappa shape index (κ1) is 41.6. The van der Waals surface area contributed by atoms with E-state index in [9.17, 15) is 24.3 Å². The number of rotatable bonds is 10. The van der Waals surface area contributed by atoms with Crippen LogP contribution in [-0.4, -0.2) is 127 Å². The van der Waals surface area contributed by atoms with Crippen molar-refractivity contribution < 1.29 is 48.0 Å². The number of hydrogen-bond acceptors (Lipinski definition) is 12. The van der Waals surface area contributed by atoms with Crippen LogP contribution in [0.25, 0.3) is 10.4 Å². The van der Waals surface area contributed by atoms with Gasteiger partial charge in [-0.05, 0) is 79.4 Å². The second-order valence-corrected chi connectivity index (χ2v) is 15.0. The highest BCUT2D eigenvalue weighted by Crippen LogP contribution is 2.43. The van der Waals surface area contributed by atoms with Crippen LogP contribution in [0.2, 0.25) is 0 Å². The van der Waals surface area contributed by atoms with E-state index in [2.05, 4.69) is 10.0 Å². The van der Waals surface area contributed by atoms with Gasteiger partial charge in [0.25, 0.3) is 0 Å². The molecule has 1 N–H and O–H groups in total. The Balaban J connectivity index is 2.10. The molecule has 284 valence electrons. The van der Waals surface area contributed by atoms with Gasteiger partial charge in [-0.25, -0.2) is 4.79 Å². The van der Waals surface area contributed by atoms with Gasteiger partial charge in [-0.1, -0.05) is 32.8 Å². The number of carbonyl (C=O) groups is 4. The molecule has 15 nitrogen and oxygen atoms in total. The van der Waals surface area contributed by atoms with Gasteiger partial charge in [0.2, 0.25) is 0 Å². The molecule has 0 bridgehead atoms. The molecule has 0 aromatic carbocycles. The summed E-state index contributed by atoms with van der Waals surface area (Å²) in [7, 11) is 5.20. The van der Waals surface area contributed by atoms with Gasteiger partial charge in [0.1, 0.15) is 23.9 Å². The first-order valence-corrected chi connectivity index (χ1v) is 17.9. The van der Waals surface area contributed by atoms with Crippen LogP contribution in [0.1, 0.15) is 87.5 Å². The van der Waals surface area contributed by atoms with Gasteiger partial charge >= 0.3 is 12.1 Å². The number of esters is 1. The molecule has 13 atom stereocenters. The van der Waals surface area contributed by atoms with Gasteiger partial charge in [-0.2, -0.15) is 0 Å². The number of ketones is 2. The predicted octanol–water partition coefficient (Wildman–Crippen LogP) is 4.28. The van der Waals surface area contributed by atoms with E-state index in [1.165, 1.54) is 18.9 Å². The van der Waals surface area contributed by atoms with Crippen LogP contribution in [-0.2, 0) is 38.1 Å². The van der Waals surface area contributed by atoms with Gasteiger partial charge in [0, 0.05) is 48.9 Å². The van der Waals surface area contributed by atoms with Crippen LogP contribution in [0.15, 0.2) is 5.11 Å². The van der Waals surface area contributed by atoms with Crippen molar-refractivity contribution in [2.45, 2.75) is 141 Å². The smallest absolute Gasteiger partial charge is 0.410 e. The van der Waals surface area contributed by atoms with E-state index < -0.39 is 83.4 Å². The van der Waals surface area contributed by atoms with E-state index in [0.717, 1.165) is 0 Å². The summed E-state index contributed by atoms with van der Waals surface area (Å²) in [6, 6.07) is -1.10. The molecular formula is C35H59N5O10. The highest BCUT2D eigenvalue weighted by molar-refractivity contribution is 6.00. The van der Waals surface area contributed by atoms with E-state index >= 15 is 0 Å². The molecule has 3 fully saturated rings. The zero-order chi connectivity index (χ0) is 37.7. The minimum Gasteiger partial charge on any atom is -0.458 e. The fourth-order valence-electron chi connectivity index (χ4n) is 8.22. The summed E-state index contributed by atoms with van der Waals surface area (Å²) in [5.41, 5.74) is 5.97. The van der Waals surface area contributed by atoms with Crippen LogP contribution in [0, 0.1) is 23.7 Å². The van der Waals surface area contributed by atoms with Gasteiger partial charge in [0.15, 0.2) is 17.7 Å². The Kier molecular flexibility index (Phi) is 14.3. The van der Waals surface area contributed by atoms with Gasteiger partial charge in [-0.15, -0.1) is 0 Å². The fraction of sp³-hybridized carbons (Fsp3) is 0.886. The third-order valence-electron chi connectivity index (χ3n) is 11.1. The number of aliphatic hydroxyl groups excluding tert-OH is 1. The molecule has 1 amide bonds. The van der Waals surface area contributed by atoms with Crippen molar-refractivity contribution in [3.05, 3.63) is 10.4 Å². The number of unbranched alkanes of at least 4 members (excludes halogenated alkanes) is 1. The Hall–Kier alpha value is -2.81. The normalized spacial score (nSPS) is 40.5. The number of hydrogen-bond donors (Lipinski definition) is 1. The Morgan fingerprint density at radius 1 is 1.06 bits per heavy atom. The molecule has 3 aliphatic heterocycles. The summed E-state index contributed by atoms with van der Waals surface area (Å²) in [5, 5.41) is 14.9. The highest BCUT2D eigenvalue weighted by Gasteiger charge is 2.60. The highest BCUT2D eigenvalue weighted by atomic mass is 16.7. The average Bonchev–Trinajstić information content (AvgIpc) is 3.33. The third kappa shape index (κ3) is 8.62. The fourth-order valence-corrected chi connectivity index (χ4v) is 8.22. The molecule has 0 aliphatic carbocycles. The lowest BCUT2D eigenvalue weighted by atomic mass is 9.73. The lowest BCUT2D eigenvalue weighted by Crippen LogP contribution is -2.60. The lowest BCUT2D eigenvalue weighted by molar-refractivity contribution is -0.295. The summed E-state index contributed by atoms with van der Waals surface area (Å²) in [6.45, 7) is 14.2. The number of carbonyl (C=O) groups excluding carboxylic acids is 4. The maximum absolute atomic E-state index is 14.4. The SMILES string of the molecule is CC[C@H]1OC(=O)[C@H](C)C(=O)[C@H](C)[C@@H](OC2OC(C)CC(N(C)C)C2O)[C@@](C)(OC)C[C@@H](C)C(=O)[C@H](C)[C@H]2N(CCCCN=[N+]=[N-])C(=O)O[C@]12C. The number of ether oxygens (including phenoxy) is 5. The summed E-state index contributed by atoms with van der Waals surface area (Å²) in [5.74, 6) is -5.05. The van der Waals surface area contributed by atoms with E-state index in [1.54, 1.807) is 41.5 Å². The van der Waals surface area contributed by atoms with Crippen molar-refractivity contribution in [2.24, 2.45) is 28.8 Å². The molecule has 0 radical (unpaired) electrons. The first-order valence-electron chi connectivity index (χ1n) is 17.9. The average molecular weight is 710 g/mol. The van der Waals surface area contributed by atoms with E-state index in [0.29, 0.717) is 19.3 Å². The molecule has 0 aromatic heterocycles. The summed E-state index contributed by atoms with van der Waals surface area (Å²) in [6.07, 6.45) is -3.16. The van der Waals surface area contributed by atoms with Crippen molar-refractivity contribution in [2.75, 3.05) is 34.3 Å². The maximum Gasteiger partial charge on any atom is 0.410 e. The molecule has 3 saturated heterocycles. The molecule has 0 saturated carbocycles. The Morgan fingerprint density at radius 3 is 2.30 bits per heavy atom. The quantitative estimate of drug-likeness (QED) is 0.0851. The number of amides is 1. The zero-order valence-corrected chi connectivity index (χ0v) is 31.7. The number of Topliss-reactive ketones (excluding diaryl/α,β-unsaturated/α-hetero) is 2. The molecule has 3 rings (SSSR count). The zero-order valence-electron chi connectivity index (χ0n) is 31.7. The Labute approximate surface area is 296 Å². The summed E-state index contributed by atoms with van der Waals surface area (Å²) in [4.78, 5) is 62.0. The molecule has 4 unspecified atom stereocenters. The van der Waals surface area contributed by atoms with Crippen molar-refractivity contribution in [1.82, 2.24) is 9.80 Å². The van der Waals surface area contributed by atoms with E-state index in [4.69, 9.17) is 29.2 Å². The molecule has 50 heavy (non-hydrogen) atoms. The van der Waals surface area contributed by atoms with Crippen LogP contribution in [0.5, 0.6) is 0 Å². The summed E-state index contributed by atoms with van der Waals surface area (Å²) >= 11 is 0. The lowest BCUT2D eigenvalue weighted by Gasteiger charge is -2.47. The topological polar surface area (TPSA) is 190 Å². The summed E-state index contributed by atoms with van der Waals surface area (Å²) < 4.78 is 30.8. The molecule has 3 aliphatic rings. The van der Waals surface area contributed by atoms with Crippen molar-refractivity contribution in [3.8, 4) is 0 Å². The Morgan fingerprint density at radius 2 is 1.72 bits per heavy atom. The number of azide groups is 1. The van der Waals surface area contributed by atoms with E-state index in [1.807, 2.05) is 25.9 Å². The number of likely N-dealkylation sites (N-methyl/N-ethyl adjacent to an activating group) is 1. The van der Waals surface area contributed by atoms with Crippen molar-refractivity contribution in [1.29, 1.82) is 0 Å². The van der Waals surface area contributed by atoms with Crippen molar-refractivity contribution in [3.63, 3.8) is 0 Å². The van der Waals surface area contributed by atoms with E-state index in [-0.39, 0.29) is 43.9 Å². The van der Waals surface area contributed by atoms with Crippen molar-refractivity contribution >= 4 is 23.6 Å². The number of fused-ring (bicyclic) bond motifs is 1. The number of aliphatic hydroxyl groups is 1. The van der Waals surface area contributed by atoms with Gasteiger partial charge < -0.3 is 38.6 Å². The molecular weight excluding hydrogens is 650 g/mol. The molecule has 0 spiro atoms. The number of nitrogens with zero attached hydrogens (tertiary/aromatic N) is 5. The second-order valence-electron chi connectivity index (χ2n) is 15.0. The minimum absolute atomic E-state index is 0.116. The van der Waals surface area contributed by atoms with Gasteiger partial charge in [0.05, 0.1) is 23.9 Å². The monoisotopic (exact) mass is 709 g/mol. The molecule has 0 aromatic rings. The van der Waals surface area contributed by atoms with Crippen LogP contribution >= 0.6 is 0 Å². The standard InChI is InChI=1S/C35H59N5O10/c1-12-25-35(8)29(40(33(45)50-35)16-14-13-15-37-38-36)21(4)26(41)19(2)18-34(7,46-11)30(22(5)27(42)23(6)31(44)48-25)49-32-28(43)24(39(9)10)17-20(3)47-32/h19-25,28-30,32,43H,12-18H2,1-11H3/t19-,20?,21+,22+,23-,24?,25-,28?,29-,30-,32?,34+,35-/m1/s1. The number of methoxy groups -OCH3 is 1. The Bertz CT molecular complexity index is 1280. The first-order chi connectivity index (χ1) is 23.4. The third-order valence-corrected chi connectivity index (χ3v) is 11.1. The minimum atomic E-state index is -1.41. The van der Waals surface area contributed by atoms with Crippen LogP contribution < -0.4 is 0 Å². The maximum atomic E-state index is 14.4. The number of cyclic esters (lactones) is 1. The molecule has 3 heterocycles. The predicted molar refractivity (Wildman–Crippen MR) is 183 cm³/mol. The van der Waals surface area contributed by atoms with Crippen LogP contribution in [0.4, 0.5) is 4.79 Å². The largest absolute Gasteiger partial charge is 0.458 e. The van der Waals surface area contributed by atoms with Crippen LogP contribution in [0.3, 0.4) is 0 Å². The second kappa shape index (κ2) is 17.1. The van der Waals surface area contributed by atoms with Gasteiger partial charge in [-0.3, -0.25) is 14.4 Å².